The summed E-state index contributed by atoms with van der Waals surface area (Å²) in [5.74, 6) is 0.647. The first-order valence-electron chi connectivity index (χ1n) is 9.51. The number of nitrogens with one attached hydrogen (secondary N) is 2. The molecule has 1 aromatic carbocycles. The Labute approximate surface area is 188 Å². The van der Waals surface area contributed by atoms with Gasteiger partial charge in [-0.1, -0.05) is 23.9 Å². The number of methoxy groups -OCH3 is 1. The highest BCUT2D eigenvalue weighted by atomic mass is 32.2. The number of ether oxygens (including phenoxy) is 1. The molecule has 2 heterocycles. The van der Waals surface area contributed by atoms with Crippen molar-refractivity contribution in [3.8, 4) is 5.75 Å². The van der Waals surface area contributed by atoms with Gasteiger partial charge < -0.3 is 19.9 Å². The number of thiazole rings is 1. The third kappa shape index (κ3) is 5.42. The number of amides is 2. The van der Waals surface area contributed by atoms with Crippen molar-refractivity contribution in [1.29, 1.82) is 0 Å². The summed E-state index contributed by atoms with van der Waals surface area (Å²) in [4.78, 5) is 30.4. The van der Waals surface area contributed by atoms with Crippen molar-refractivity contribution in [3.63, 3.8) is 0 Å². The maximum absolute atomic E-state index is 12.5. The summed E-state index contributed by atoms with van der Waals surface area (Å²) < 4.78 is 6.98. The number of nitrogens with zero attached hydrogens (tertiary/aromatic N) is 4. The Morgan fingerprint density at radius 1 is 1.26 bits per heavy atom. The van der Waals surface area contributed by atoms with Crippen LogP contribution in [0.5, 0.6) is 5.75 Å². The van der Waals surface area contributed by atoms with Gasteiger partial charge in [0.1, 0.15) is 5.75 Å². The van der Waals surface area contributed by atoms with Crippen LogP contribution in [0.25, 0.3) is 0 Å². The Kier molecular flexibility index (Phi) is 7.29. The van der Waals surface area contributed by atoms with Crippen molar-refractivity contribution >= 4 is 40.0 Å². The molecule has 2 aromatic heterocycles. The molecule has 0 aliphatic rings. The molecule has 0 aliphatic carbocycles. The summed E-state index contributed by atoms with van der Waals surface area (Å²) in [6, 6.07) is 7.00. The summed E-state index contributed by atoms with van der Waals surface area (Å²) >= 11 is 2.74. The summed E-state index contributed by atoms with van der Waals surface area (Å²) in [5, 5.41) is 14.7. The van der Waals surface area contributed by atoms with Crippen LogP contribution < -0.4 is 15.4 Å². The Bertz CT molecular complexity index is 1080. The number of hydrogen-bond acceptors (Lipinski definition) is 8. The Hall–Kier alpha value is -2.92. The number of benzene rings is 1. The number of carbonyl (C=O) groups is 2. The molecular weight excluding hydrogens is 436 g/mol. The van der Waals surface area contributed by atoms with Gasteiger partial charge in [-0.25, -0.2) is 4.98 Å². The second kappa shape index (κ2) is 9.92. The van der Waals surface area contributed by atoms with Gasteiger partial charge in [0.15, 0.2) is 16.1 Å². The lowest BCUT2D eigenvalue weighted by atomic mass is 10.2. The molecule has 3 aromatic rings. The third-order valence-corrected chi connectivity index (χ3v) is 6.72. The van der Waals surface area contributed by atoms with E-state index < -0.39 is 5.25 Å². The fourth-order valence-corrected chi connectivity index (χ4v) is 4.28. The second-order valence-corrected chi connectivity index (χ2v) is 9.26. The monoisotopic (exact) mass is 460 g/mol. The predicted molar refractivity (Wildman–Crippen MR) is 121 cm³/mol. The molecule has 31 heavy (non-hydrogen) atoms. The molecular formula is C20H24N6O3S2. The van der Waals surface area contributed by atoms with Crippen LogP contribution in [0.4, 0.5) is 5.13 Å². The first-order chi connectivity index (χ1) is 14.8. The first kappa shape index (κ1) is 22.8. The highest BCUT2D eigenvalue weighted by molar-refractivity contribution is 8.00. The number of para-hydroxylation sites is 1. The minimum Gasteiger partial charge on any atom is -0.496 e. The van der Waals surface area contributed by atoms with E-state index in [1.54, 1.807) is 42.8 Å². The van der Waals surface area contributed by atoms with E-state index in [-0.39, 0.29) is 18.4 Å². The van der Waals surface area contributed by atoms with Crippen LogP contribution in [0.3, 0.4) is 0 Å². The van der Waals surface area contributed by atoms with E-state index in [0.29, 0.717) is 27.4 Å². The van der Waals surface area contributed by atoms with Crippen LogP contribution in [-0.4, -0.2) is 43.9 Å². The lowest BCUT2D eigenvalue weighted by molar-refractivity contribution is -0.115. The number of rotatable bonds is 8. The van der Waals surface area contributed by atoms with Crippen molar-refractivity contribution in [1.82, 2.24) is 25.1 Å². The zero-order valence-corrected chi connectivity index (χ0v) is 19.6. The summed E-state index contributed by atoms with van der Waals surface area (Å²) in [5.41, 5.74) is 1.36. The van der Waals surface area contributed by atoms with Gasteiger partial charge in [-0.2, -0.15) is 0 Å². The van der Waals surface area contributed by atoms with E-state index in [9.17, 15) is 9.59 Å². The number of thioether (sulfide) groups is 1. The van der Waals surface area contributed by atoms with E-state index in [4.69, 9.17) is 4.74 Å². The van der Waals surface area contributed by atoms with E-state index in [0.717, 1.165) is 10.6 Å². The Morgan fingerprint density at radius 2 is 2.00 bits per heavy atom. The maximum atomic E-state index is 12.5. The van der Waals surface area contributed by atoms with Gasteiger partial charge >= 0.3 is 0 Å². The minimum absolute atomic E-state index is 0.159. The lowest BCUT2D eigenvalue weighted by Crippen LogP contribution is -2.25. The average molecular weight is 461 g/mol. The normalized spacial score (nSPS) is 11.8. The third-order valence-electron chi connectivity index (χ3n) is 4.59. The molecule has 164 valence electrons. The molecule has 0 bridgehead atoms. The van der Waals surface area contributed by atoms with Gasteiger partial charge in [0, 0.05) is 11.9 Å². The highest BCUT2D eigenvalue weighted by Crippen LogP contribution is 2.25. The molecule has 0 radical (unpaired) electrons. The molecule has 11 heteroatoms. The van der Waals surface area contributed by atoms with Crippen LogP contribution in [0.2, 0.25) is 0 Å². The van der Waals surface area contributed by atoms with E-state index >= 15 is 0 Å². The molecule has 1 atom stereocenters. The van der Waals surface area contributed by atoms with Crippen molar-refractivity contribution in [2.24, 2.45) is 7.05 Å². The molecule has 3 rings (SSSR count). The summed E-state index contributed by atoms with van der Waals surface area (Å²) in [7, 11) is 3.32. The van der Waals surface area contributed by atoms with Gasteiger partial charge in [-0.05, 0) is 32.9 Å². The maximum Gasteiger partial charge on any atom is 0.255 e. The van der Waals surface area contributed by atoms with Crippen LogP contribution in [-0.2, 0) is 18.4 Å². The van der Waals surface area contributed by atoms with E-state index in [2.05, 4.69) is 25.8 Å². The predicted octanol–water partition coefficient (Wildman–Crippen LogP) is 2.95. The van der Waals surface area contributed by atoms with Gasteiger partial charge in [0.25, 0.3) is 5.91 Å². The highest BCUT2D eigenvalue weighted by Gasteiger charge is 2.20. The number of anilines is 1. The molecule has 0 unspecified atom stereocenters. The van der Waals surface area contributed by atoms with Crippen LogP contribution in [0.15, 0.2) is 29.4 Å². The minimum atomic E-state index is -0.400. The zero-order valence-electron chi connectivity index (χ0n) is 17.9. The fraction of sp³-hybridized carbons (Fsp3) is 0.350. The van der Waals surface area contributed by atoms with Crippen molar-refractivity contribution < 1.29 is 14.3 Å². The van der Waals surface area contributed by atoms with Crippen LogP contribution in [0, 0.1) is 13.8 Å². The molecule has 9 nitrogen and oxygen atoms in total. The number of aromatic nitrogens is 4. The van der Waals surface area contributed by atoms with Crippen molar-refractivity contribution in [2.45, 2.75) is 37.7 Å². The lowest BCUT2D eigenvalue weighted by Gasteiger charge is -2.11. The zero-order chi connectivity index (χ0) is 22.5. The van der Waals surface area contributed by atoms with Gasteiger partial charge in [0.05, 0.1) is 30.2 Å². The Morgan fingerprint density at radius 3 is 2.68 bits per heavy atom. The smallest absolute Gasteiger partial charge is 0.255 e. The Balaban J connectivity index is 1.59. The van der Waals surface area contributed by atoms with Crippen molar-refractivity contribution in [2.75, 3.05) is 12.4 Å². The number of aryl methyl sites for hydroxylation is 2. The summed E-state index contributed by atoms with van der Waals surface area (Å²) in [6.45, 7) is 5.87. The molecule has 0 saturated heterocycles. The van der Waals surface area contributed by atoms with E-state index in [1.165, 1.54) is 30.2 Å². The van der Waals surface area contributed by atoms with Gasteiger partial charge in [0.2, 0.25) is 5.91 Å². The molecule has 0 spiro atoms. The second-order valence-electron chi connectivity index (χ2n) is 6.75. The van der Waals surface area contributed by atoms with Gasteiger partial charge in [-0.3, -0.25) is 9.59 Å². The van der Waals surface area contributed by atoms with Crippen LogP contribution in [0.1, 0.15) is 33.7 Å². The average Bonchev–Trinajstić information content (AvgIpc) is 3.26. The van der Waals surface area contributed by atoms with Crippen LogP contribution >= 0.6 is 23.1 Å². The molecule has 0 aliphatic heterocycles. The SMILES string of the molecule is COc1ccccc1C(=O)NCc1nnc(S[C@@H](C)C(=O)Nc2nc(C)c(C)s2)n1C. The van der Waals surface area contributed by atoms with Gasteiger partial charge in [-0.15, -0.1) is 21.5 Å². The fourth-order valence-electron chi connectivity index (χ4n) is 2.63. The van der Waals surface area contributed by atoms with Crippen molar-refractivity contribution in [3.05, 3.63) is 46.2 Å². The largest absolute Gasteiger partial charge is 0.496 e. The molecule has 0 saturated carbocycles. The first-order valence-corrected chi connectivity index (χ1v) is 11.2. The molecule has 2 N–H and O–H groups in total. The topological polar surface area (TPSA) is 111 Å². The van der Waals surface area contributed by atoms with E-state index in [1.807, 2.05) is 13.8 Å². The number of hydrogen-bond donors (Lipinski definition) is 2. The summed E-state index contributed by atoms with van der Waals surface area (Å²) in [6.07, 6.45) is 0. The molecule has 0 fully saturated rings. The number of carbonyl (C=O) groups excluding carboxylic acids is 2. The standard InChI is InChI=1S/C20H24N6O3S2/c1-11-12(2)30-19(22-11)23-17(27)13(3)31-20-25-24-16(26(20)4)10-21-18(28)14-8-6-7-9-15(14)29-5/h6-9,13H,10H2,1-5H3,(H,21,28)(H,22,23,27)/t13-/m0/s1. The molecule has 2 amide bonds. The quantitative estimate of drug-likeness (QED) is 0.497.